The molecule has 0 radical (unpaired) electrons. The van der Waals surface area contributed by atoms with Crippen LogP contribution in [0.15, 0.2) is 72.8 Å². The molecular formula is C36H45N3O4. The first kappa shape index (κ1) is 29.8. The Morgan fingerprint density at radius 2 is 1.56 bits per heavy atom. The summed E-state index contributed by atoms with van der Waals surface area (Å²) in [6, 6.07) is 26.0. The van der Waals surface area contributed by atoms with Gasteiger partial charge in [0, 0.05) is 70.0 Å². The highest BCUT2D eigenvalue weighted by atomic mass is 16.5. The molecule has 2 fully saturated rings. The molecule has 228 valence electrons. The van der Waals surface area contributed by atoms with E-state index in [9.17, 15) is 4.79 Å². The van der Waals surface area contributed by atoms with Crippen molar-refractivity contribution in [2.45, 2.75) is 57.3 Å². The molecule has 0 aromatic heterocycles. The number of benzene rings is 3. The van der Waals surface area contributed by atoms with E-state index in [1.807, 2.05) is 18.2 Å². The summed E-state index contributed by atoms with van der Waals surface area (Å²) >= 11 is 0. The average Bonchev–Trinajstić information content (AvgIpc) is 3.04. The quantitative estimate of drug-likeness (QED) is 0.453. The molecule has 3 heterocycles. The molecule has 3 aromatic rings. The van der Waals surface area contributed by atoms with Crippen LogP contribution in [0.2, 0.25) is 0 Å². The molecule has 0 atom stereocenters. The normalized spacial score (nSPS) is 20.0. The van der Waals surface area contributed by atoms with Crippen molar-refractivity contribution in [3.8, 4) is 5.75 Å². The number of hydrogen-bond donors (Lipinski definition) is 1. The van der Waals surface area contributed by atoms with Crippen LogP contribution in [-0.2, 0) is 29.0 Å². The number of nitrogens with one attached hydrogen (secondary N) is 1. The smallest absolute Gasteiger partial charge is 0.251 e. The summed E-state index contributed by atoms with van der Waals surface area (Å²) in [5.74, 6) is 0.813. The van der Waals surface area contributed by atoms with Crippen molar-refractivity contribution in [1.29, 1.82) is 0 Å². The third-order valence-corrected chi connectivity index (χ3v) is 8.98. The number of hydrogen-bond acceptors (Lipinski definition) is 6. The van der Waals surface area contributed by atoms with Crippen molar-refractivity contribution in [2.24, 2.45) is 0 Å². The van der Waals surface area contributed by atoms with Crippen LogP contribution in [0.4, 0.5) is 0 Å². The number of nitrogens with zero attached hydrogens (tertiary/aromatic N) is 2. The van der Waals surface area contributed by atoms with Crippen LogP contribution in [0.25, 0.3) is 0 Å². The van der Waals surface area contributed by atoms with Crippen molar-refractivity contribution in [3.05, 3.63) is 101 Å². The lowest BCUT2D eigenvalue weighted by Crippen LogP contribution is -2.44. The zero-order valence-corrected chi connectivity index (χ0v) is 25.2. The van der Waals surface area contributed by atoms with Gasteiger partial charge in [-0.25, -0.2) is 0 Å². The second kappa shape index (κ2) is 15.0. The fourth-order valence-corrected chi connectivity index (χ4v) is 6.57. The summed E-state index contributed by atoms with van der Waals surface area (Å²) in [5.41, 5.74) is 5.58. The van der Waals surface area contributed by atoms with Crippen molar-refractivity contribution in [2.75, 3.05) is 52.7 Å². The fraction of sp³-hybridized carbons (Fsp3) is 0.472. The summed E-state index contributed by atoms with van der Waals surface area (Å²) in [6.07, 6.45) is 4.76. The Balaban J connectivity index is 1.12. The molecule has 0 saturated carbocycles. The summed E-state index contributed by atoms with van der Waals surface area (Å²) in [7, 11) is 0. The second-order valence-electron chi connectivity index (χ2n) is 12.1. The Morgan fingerprint density at radius 3 is 2.40 bits per heavy atom. The molecule has 7 nitrogen and oxygen atoms in total. The summed E-state index contributed by atoms with van der Waals surface area (Å²) < 4.78 is 17.8. The molecule has 1 amide bonds. The van der Waals surface area contributed by atoms with E-state index in [4.69, 9.17) is 14.2 Å². The van der Waals surface area contributed by atoms with Crippen LogP contribution < -0.4 is 10.1 Å². The van der Waals surface area contributed by atoms with Gasteiger partial charge in [-0.15, -0.1) is 0 Å². The maximum Gasteiger partial charge on any atom is 0.251 e. The Labute approximate surface area is 256 Å². The molecule has 2 bridgehead atoms. The lowest BCUT2D eigenvalue weighted by Gasteiger charge is -2.34. The molecule has 43 heavy (non-hydrogen) atoms. The number of fused-ring (bicyclic) bond motifs is 3. The zero-order chi connectivity index (χ0) is 29.3. The van der Waals surface area contributed by atoms with E-state index in [-0.39, 0.29) is 11.9 Å². The highest BCUT2D eigenvalue weighted by molar-refractivity contribution is 5.94. The van der Waals surface area contributed by atoms with Gasteiger partial charge in [0.1, 0.15) is 12.4 Å². The molecule has 3 aliphatic heterocycles. The SMILES string of the molecule is O=C(NC1CCN(Cc2ccccc2)CC1)c1ccc2c(c1)Cc1cccc(c1)CN(C1CCOCC1)CCOCCO2. The maximum absolute atomic E-state index is 13.4. The van der Waals surface area contributed by atoms with Crippen molar-refractivity contribution >= 4 is 5.91 Å². The molecule has 1 N–H and O–H groups in total. The highest BCUT2D eigenvalue weighted by Gasteiger charge is 2.23. The maximum atomic E-state index is 13.4. The number of rotatable bonds is 5. The van der Waals surface area contributed by atoms with Gasteiger partial charge >= 0.3 is 0 Å². The first-order chi connectivity index (χ1) is 21.2. The largest absolute Gasteiger partial charge is 0.491 e. The number of piperidine rings is 1. The van der Waals surface area contributed by atoms with Crippen molar-refractivity contribution < 1.29 is 19.0 Å². The Kier molecular flexibility index (Phi) is 10.4. The predicted octanol–water partition coefficient (Wildman–Crippen LogP) is 5.06. The van der Waals surface area contributed by atoms with Crippen molar-refractivity contribution in [3.63, 3.8) is 0 Å². The van der Waals surface area contributed by atoms with E-state index in [1.54, 1.807) is 0 Å². The van der Waals surface area contributed by atoms with Gasteiger partial charge in [0.15, 0.2) is 0 Å². The van der Waals surface area contributed by atoms with Gasteiger partial charge in [-0.05, 0) is 66.1 Å². The molecule has 0 unspecified atom stereocenters. The van der Waals surface area contributed by atoms with Gasteiger partial charge in [0.2, 0.25) is 0 Å². The van der Waals surface area contributed by atoms with Crippen LogP contribution in [-0.4, -0.2) is 80.5 Å². The standard InChI is InChI=1S/C36H45N3O4/c40-36(37-33-11-15-38(16-12-33)26-28-5-2-1-3-6-28)31-9-10-35-32(25-31)24-29-7-4-8-30(23-29)27-39(17-20-42-21-22-43-35)34-13-18-41-19-14-34/h1-10,23,25,33-34H,11-22,24,26-27H2,(H,37,40). The molecular weight excluding hydrogens is 538 g/mol. The molecule has 0 spiro atoms. The second-order valence-corrected chi connectivity index (χ2v) is 12.1. The molecule has 7 heteroatoms. The number of carbonyl (C=O) groups excluding carboxylic acids is 1. The van der Waals surface area contributed by atoms with E-state index in [2.05, 4.69) is 69.7 Å². The van der Waals surface area contributed by atoms with Gasteiger partial charge in [-0.2, -0.15) is 0 Å². The van der Waals surface area contributed by atoms with E-state index in [1.165, 1.54) is 16.7 Å². The van der Waals surface area contributed by atoms with Gasteiger partial charge < -0.3 is 19.5 Å². The third kappa shape index (κ3) is 8.45. The Morgan fingerprint density at radius 1 is 0.767 bits per heavy atom. The minimum Gasteiger partial charge on any atom is -0.491 e. The first-order valence-electron chi connectivity index (χ1n) is 16.0. The van der Waals surface area contributed by atoms with E-state index in [0.717, 1.165) is 82.9 Å². The van der Waals surface area contributed by atoms with E-state index >= 15 is 0 Å². The Bertz CT molecular complexity index is 1320. The first-order valence-corrected chi connectivity index (χ1v) is 16.0. The predicted molar refractivity (Wildman–Crippen MR) is 168 cm³/mol. The van der Waals surface area contributed by atoms with E-state index in [0.29, 0.717) is 37.8 Å². The van der Waals surface area contributed by atoms with Crippen LogP contribution in [0, 0.1) is 0 Å². The van der Waals surface area contributed by atoms with Crippen LogP contribution in [0.1, 0.15) is 58.3 Å². The fourth-order valence-electron chi connectivity index (χ4n) is 6.57. The average molecular weight is 584 g/mol. The lowest BCUT2D eigenvalue weighted by atomic mass is 9.98. The van der Waals surface area contributed by atoms with Gasteiger partial charge in [0.25, 0.3) is 5.91 Å². The lowest BCUT2D eigenvalue weighted by molar-refractivity contribution is 0.0133. The minimum absolute atomic E-state index is 0.00657. The number of likely N-dealkylation sites (tertiary alicyclic amines) is 1. The minimum atomic E-state index is -0.00657. The zero-order valence-electron chi connectivity index (χ0n) is 25.2. The van der Waals surface area contributed by atoms with Gasteiger partial charge in [0.05, 0.1) is 13.2 Å². The molecule has 3 aliphatic rings. The summed E-state index contributed by atoms with van der Waals surface area (Å²) in [4.78, 5) is 18.4. The molecule has 6 rings (SSSR count). The van der Waals surface area contributed by atoms with Gasteiger partial charge in [-0.3, -0.25) is 14.6 Å². The van der Waals surface area contributed by atoms with Crippen molar-refractivity contribution in [1.82, 2.24) is 15.1 Å². The highest BCUT2D eigenvalue weighted by Crippen LogP contribution is 2.26. The summed E-state index contributed by atoms with van der Waals surface area (Å²) in [6.45, 7) is 8.10. The topological polar surface area (TPSA) is 63.3 Å². The van der Waals surface area contributed by atoms with Crippen LogP contribution >= 0.6 is 0 Å². The van der Waals surface area contributed by atoms with Crippen LogP contribution in [0.5, 0.6) is 5.75 Å². The van der Waals surface area contributed by atoms with Gasteiger partial charge in [-0.1, -0.05) is 54.6 Å². The Hall–Kier alpha value is -3.23. The number of carbonyl (C=O) groups is 1. The molecule has 3 aromatic carbocycles. The number of amides is 1. The summed E-state index contributed by atoms with van der Waals surface area (Å²) in [5, 5.41) is 3.31. The monoisotopic (exact) mass is 583 g/mol. The molecule has 2 saturated heterocycles. The number of ether oxygens (including phenoxy) is 3. The van der Waals surface area contributed by atoms with Crippen LogP contribution in [0.3, 0.4) is 0 Å². The molecule has 0 aliphatic carbocycles. The third-order valence-electron chi connectivity index (χ3n) is 8.98. The van der Waals surface area contributed by atoms with E-state index < -0.39 is 0 Å².